The molecule has 0 aromatic heterocycles. The van der Waals surface area contributed by atoms with Crippen LogP contribution in [0.3, 0.4) is 0 Å². The number of hydrogen-bond donors (Lipinski definition) is 1. The summed E-state index contributed by atoms with van der Waals surface area (Å²) < 4.78 is 46.1. The number of amides is 1. The van der Waals surface area contributed by atoms with Crippen LogP contribution >= 0.6 is 0 Å². The summed E-state index contributed by atoms with van der Waals surface area (Å²) in [5.74, 6) is -1.92. The van der Waals surface area contributed by atoms with Crippen LogP contribution in [-0.2, 0) is 19.6 Å². The fourth-order valence-corrected chi connectivity index (χ4v) is 4.04. The largest absolute Gasteiger partial charge is 0.469 e. The Hall–Kier alpha value is -2.94. The zero-order valence-electron chi connectivity index (χ0n) is 17.3. The first-order valence-corrected chi connectivity index (χ1v) is 10.8. The van der Waals surface area contributed by atoms with Crippen LogP contribution in [0.25, 0.3) is 0 Å². The third kappa shape index (κ3) is 5.35. The molecule has 0 aliphatic heterocycles. The molecule has 0 saturated heterocycles. The molecule has 0 fully saturated rings. The summed E-state index contributed by atoms with van der Waals surface area (Å²) in [6.07, 6.45) is 0. The average Bonchev–Trinajstić information content (AvgIpc) is 2.72. The molecule has 30 heavy (non-hydrogen) atoms. The molecule has 2 aromatic rings. The molecule has 9 heteroatoms. The van der Waals surface area contributed by atoms with E-state index in [0.717, 1.165) is 12.1 Å². The van der Waals surface area contributed by atoms with Crippen LogP contribution in [-0.4, -0.2) is 45.4 Å². The number of hydrogen-bond acceptors (Lipinski definition) is 5. The summed E-state index contributed by atoms with van der Waals surface area (Å²) in [7, 11) is -2.77. The van der Waals surface area contributed by atoms with Gasteiger partial charge in [0, 0.05) is 13.1 Å². The fraction of sp³-hybridized carbons (Fsp3) is 0.333. The molecule has 1 amide bonds. The minimum atomic E-state index is -4.04. The van der Waals surface area contributed by atoms with Gasteiger partial charge in [0.15, 0.2) is 0 Å². The van der Waals surface area contributed by atoms with Crippen molar-refractivity contribution in [3.8, 4) is 0 Å². The lowest BCUT2D eigenvalue weighted by atomic mass is 10.1. The molecule has 0 saturated carbocycles. The van der Waals surface area contributed by atoms with E-state index in [1.165, 1.54) is 37.1 Å². The normalized spacial score (nSPS) is 12.2. The van der Waals surface area contributed by atoms with E-state index in [4.69, 9.17) is 4.74 Å². The highest BCUT2D eigenvalue weighted by molar-refractivity contribution is 7.92. The monoisotopic (exact) mass is 436 g/mol. The smallest absolute Gasteiger partial charge is 0.310 e. The van der Waals surface area contributed by atoms with Gasteiger partial charge in [-0.25, -0.2) is 12.8 Å². The Morgan fingerprint density at radius 3 is 2.47 bits per heavy atom. The number of rotatable bonds is 8. The van der Waals surface area contributed by atoms with Crippen LogP contribution in [0.5, 0.6) is 0 Å². The van der Waals surface area contributed by atoms with Crippen LogP contribution in [0, 0.1) is 18.7 Å². The molecule has 0 aliphatic rings. The number of ether oxygens (including phenoxy) is 1. The molecule has 0 bridgehead atoms. The van der Waals surface area contributed by atoms with Crippen molar-refractivity contribution < 1.29 is 27.1 Å². The van der Waals surface area contributed by atoms with E-state index in [-0.39, 0.29) is 28.3 Å². The third-order valence-corrected chi connectivity index (χ3v) is 5.97. The van der Waals surface area contributed by atoms with Crippen LogP contribution in [0.1, 0.15) is 29.8 Å². The first kappa shape index (κ1) is 23.3. The molecule has 1 N–H and O–H groups in total. The molecule has 0 aliphatic carbocycles. The lowest BCUT2D eigenvalue weighted by molar-refractivity contribution is -0.145. The summed E-state index contributed by atoms with van der Waals surface area (Å²) in [5, 5.41) is 0. The zero-order chi connectivity index (χ0) is 22.5. The van der Waals surface area contributed by atoms with Gasteiger partial charge in [-0.1, -0.05) is 19.1 Å². The summed E-state index contributed by atoms with van der Waals surface area (Å²) in [4.78, 5) is 26.1. The minimum absolute atomic E-state index is 0.0913. The maximum Gasteiger partial charge on any atom is 0.310 e. The number of para-hydroxylation sites is 1. The summed E-state index contributed by atoms with van der Waals surface area (Å²) in [5.41, 5.74) is 0.420. The number of carbonyl (C=O) groups is 2. The Bertz CT molecular complexity index is 1040. The molecule has 0 spiro atoms. The molecule has 0 radical (unpaired) electrons. The number of benzene rings is 2. The van der Waals surface area contributed by atoms with Crippen molar-refractivity contribution in [2.45, 2.75) is 25.7 Å². The molecular formula is C21H25FN2O5S. The Morgan fingerprint density at radius 2 is 1.87 bits per heavy atom. The molecule has 0 heterocycles. The highest BCUT2D eigenvalue weighted by Gasteiger charge is 2.25. The molecule has 2 rings (SSSR count). The highest BCUT2D eigenvalue weighted by Crippen LogP contribution is 2.23. The van der Waals surface area contributed by atoms with E-state index in [0.29, 0.717) is 6.54 Å². The summed E-state index contributed by atoms with van der Waals surface area (Å²) >= 11 is 0. The van der Waals surface area contributed by atoms with Crippen molar-refractivity contribution in [3.63, 3.8) is 0 Å². The number of sulfonamides is 1. The molecule has 2 aromatic carbocycles. The maximum absolute atomic E-state index is 13.5. The second-order valence-electron chi connectivity index (χ2n) is 6.83. The van der Waals surface area contributed by atoms with Gasteiger partial charge in [0.05, 0.1) is 29.2 Å². The first-order chi connectivity index (χ1) is 14.1. The summed E-state index contributed by atoms with van der Waals surface area (Å²) in [6, 6.07) is 9.64. The van der Waals surface area contributed by atoms with Gasteiger partial charge in [-0.15, -0.1) is 0 Å². The number of methoxy groups -OCH3 is 1. The Labute approximate surface area is 175 Å². The van der Waals surface area contributed by atoms with Gasteiger partial charge in [0.25, 0.3) is 15.9 Å². The van der Waals surface area contributed by atoms with Crippen molar-refractivity contribution in [2.75, 3.05) is 24.9 Å². The number of carbonyl (C=O) groups excluding carboxylic acids is 2. The molecule has 1 unspecified atom stereocenters. The van der Waals surface area contributed by atoms with Gasteiger partial charge in [0.2, 0.25) is 0 Å². The number of halogens is 1. The second kappa shape index (κ2) is 9.71. The quantitative estimate of drug-likeness (QED) is 0.642. The Morgan fingerprint density at radius 1 is 1.20 bits per heavy atom. The van der Waals surface area contributed by atoms with Gasteiger partial charge < -0.3 is 9.64 Å². The lowest BCUT2D eigenvalue weighted by Gasteiger charge is -2.24. The minimum Gasteiger partial charge on any atom is -0.469 e. The molecule has 7 nitrogen and oxygen atoms in total. The van der Waals surface area contributed by atoms with Crippen LogP contribution in [0.15, 0.2) is 47.4 Å². The second-order valence-corrected chi connectivity index (χ2v) is 8.51. The van der Waals surface area contributed by atoms with Crippen molar-refractivity contribution in [3.05, 3.63) is 59.4 Å². The lowest BCUT2D eigenvalue weighted by Crippen LogP contribution is -2.37. The zero-order valence-corrected chi connectivity index (χ0v) is 18.1. The maximum atomic E-state index is 13.5. The van der Waals surface area contributed by atoms with Crippen LogP contribution in [0.4, 0.5) is 10.1 Å². The predicted molar refractivity (Wildman–Crippen MR) is 111 cm³/mol. The van der Waals surface area contributed by atoms with Gasteiger partial charge in [0.1, 0.15) is 5.82 Å². The predicted octanol–water partition coefficient (Wildman–Crippen LogP) is 3.21. The van der Waals surface area contributed by atoms with E-state index in [1.54, 1.807) is 26.0 Å². The van der Waals surface area contributed by atoms with E-state index in [9.17, 15) is 22.4 Å². The average molecular weight is 437 g/mol. The van der Waals surface area contributed by atoms with E-state index >= 15 is 0 Å². The van der Waals surface area contributed by atoms with Crippen molar-refractivity contribution in [1.29, 1.82) is 0 Å². The van der Waals surface area contributed by atoms with Crippen LogP contribution in [0.2, 0.25) is 0 Å². The Balaban J connectivity index is 2.33. The van der Waals surface area contributed by atoms with E-state index in [2.05, 4.69) is 4.72 Å². The van der Waals surface area contributed by atoms with Crippen molar-refractivity contribution in [2.24, 2.45) is 5.92 Å². The molecular weight excluding hydrogens is 411 g/mol. The number of nitrogens with zero attached hydrogens (tertiary/aromatic N) is 1. The standard InChI is InChI=1S/C21H25FN2O5S/c1-5-24(13-15(3)21(26)29-4)20(25)17-8-6-7-9-19(17)23-30(27,28)16-10-11-18(22)14(2)12-16/h6-12,15,23H,5,13H2,1-4H3. The number of aryl methyl sites for hydroxylation is 1. The number of nitrogens with one attached hydrogen (secondary N) is 1. The van der Waals surface area contributed by atoms with Gasteiger partial charge in [-0.3, -0.25) is 14.3 Å². The molecule has 162 valence electrons. The van der Waals surface area contributed by atoms with Gasteiger partial charge in [-0.2, -0.15) is 0 Å². The highest BCUT2D eigenvalue weighted by atomic mass is 32.2. The van der Waals surface area contributed by atoms with Crippen molar-refractivity contribution >= 4 is 27.6 Å². The SMILES string of the molecule is CCN(CC(C)C(=O)OC)C(=O)c1ccccc1NS(=O)(=O)c1ccc(F)c(C)c1. The van der Waals surface area contributed by atoms with E-state index < -0.39 is 33.6 Å². The van der Waals surface area contributed by atoms with Crippen LogP contribution < -0.4 is 4.72 Å². The number of esters is 1. The number of anilines is 1. The van der Waals surface area contributed by atoms with Gasteiger partial charge in [-0.05, 0) is 49.7 Å². The Kier molecular flexibility index (Phi) is 7.55. The first-order valence-electron chi connectivity index (χ1n) is 9.35. The summed E-state index contributed by atoms with van der Waals surface area (Å²) in [6.45, 7) is 5.31. The van der Waals surface area contributed by atoms with Gasteiger partial charge >= 0.3 is 5.97 Å². The third-order valence-electron chi connectivity index (χ3n) is 4.61. The topological polar surface area (TPSA) is 92.8 Å². The fourth-order valence-electron chi connectivity index (χ4n) is 2.88. The van der Waals surface area contributed by atoms with E-state index in [1.807, 2.05) is 0 Å². The van der Waals surface area contributed by atoms with Crippen molar-refractivity contribution in [1.82, 2.24) is 4.90 Å². The molecule has 1 atom stereocenters.